The number of carbonyl (C=O) groups is 1. The Morgan fingerprint density at radius 1 is 1.33 bits per heavy atom. The maximum absolute atomic E-state index is 12.4. The molecule has 0 N–H and O–H groups in total. The first kappa shape index (κ1) is 15.0. The van der Waals surface area contributed by atoms with Crippen molar-refractivity contribution < 1.29 is 9.53 Å². The highest BCUT2D eigenvalue weighted by atomic mass is 16.5. The van der Waals surface area contributed by atoms with Gasteiger partial charge < -0.3 is 9.64 Å². The summed E-state index contributed by atoms with van der Waals surface area (Å²) in [5.74, 6) is 1.13. The molecule has 1 saturated carbocycles. The number of hydrogen-bond donors (Lipinski definition) is 0. The summed E-state index contributed by atoms with van der Waals surface area (Å²) in [5.41, 5.74) is 0. The highest BCUT2D eigenvalue weighted by Gasteiger charge is 2.27. The number of carbonyl (C=O) groups excluding carboxylic acids is 1. The Kier molecular flexibility index (Phi) is 6.74. The maximum Gasteiger partial charge on any atom is 0.225 e. The number of amides is 1. The van der Waals surface area contributed by atoms with Gasteiger partial charge in [-0.2, -0.15) is 5.26 Å². The summed E-state index contributed by atoms with van der Waals surface area (Å²) in [6, 6.07) is 2.10. The number of methoxy groups -OCH3 is 1. The zero-order valence-corrected chi connectivity index (χ0v) is 11.5. The Labute approximate surface area is 110 Å². The molecule has 1 rings (SSSR count). The topological polar surface area (TPSA) is 53.3 Å². The second-order valence-electron chi connectivity index (χ2n) is 5.18. The van der Waals surface area contributed by atoms with E-state index in [1.54, 1.807) is 12.0 Å². The van der Waals surface area contributed by atoms with E-state index in [0.29, 0.717) is 26.1 Å². The van der Waals surface area contributed by atoms with Crippen LogP contribution in [-0.4, -0.2) is 37.6 Å². The van der Waals surface area contributed by atoms with Crippen molar-refractivity contribution in [2.24, 2.45) is 11.8 Å². The van der Waals surface area contributed by atoms with Crippen molar-refractivity contribution in [1.29, 1.82) is 5.26 Å². The van der Waals surface area contributed by atoms with E-state index in [2.05, 4.69) is 13.0 Å². The van der Waals surface area contributed by atoms with Gasteiger partial charge in [-0.1, -0.05) is 6.92 Å². The molecule has 18 heavy (non-hydrogen) atoms. The SMILES string of the molecule is COCCN(CCC#N)C(=O)C1CCC(C)CC1. The lowest BCUT2D eigenvalue weighted by Crippen LogP contribution is -2.40. The number of nitrogens with zero attached hydrogens (tertiary/aromatic N) is 2. The zero-order chi connectivity index (χ0) is 13.4. The lowest BCUT2D eigenvalue weighted by molar-refractivity contribution is -0.137. The summed E-state index contributed by atoms with van der Waals surface area (Å²) in [6.07, 6.45) is 4.68. The summed E-state index contributed by atoms with van der Waals surface area (Å²) in [7, 11) is 1.63. The fourth-order valence-corrected chi connectivity index (χ4v) is 2.48. The monoisotopic (exact) mass is 252 g/mol. The average Bonchev–Trinajstić information content (AvgIpc) is 2.39. The van der Waals surface area contributed by atoms with Crippen molar-refractivity contribution in [3.8, 4) is 6.07 Å². The number of nitriles is 1. The van der Waals surface area contributed by atoms with E-state index in [1.165, 1.54) is 0 Å². The van der Waals surface area contributed by atoms with Crippen LogP contribution in [0.3, 0.4) is 0 Å². The van der Waals surface area contributed by atoms with Gasteiger partial charge in [0.15, 0.2) is 0 Å². The lowest BCUT2D eigenvalue weighted by atomic mass is 9.82. The third kappa shape index (κ3) is 4.66. The zero-order valence-electron chi connectivity index (χ0n) is 11.5. The summed E-state index contributed by atoms with van der Waals surface area (Å²) in [4.78, 5) is 14.2. The highest BCUT2D eigenvalue weighted by Crippen LogP contribution is 2.29. The molecule has 1 aliphatic carbocycles. The molecule has 0 aromatic carbocycles. The minimum absolute atomic E-state index is 0.164. The van der Waals surface area contributed by atoms with Crippen molar-refractivity contribution >= 4 is 5.91 Å². The molecule has 0 atom stereocenters. The van der Waals surface area contributed by atoms with Crippen LogP contribution in [0, 0.1) is 23.2 Å². The predicted octanol–water partition coefficient (Wildman–Crippen LogP) is 2.20. The fourth-order valence-electron chi connectivity index (χ4n) is 2.48. The molecule has 1 amide bonds. The largest absolute Gasteiger partial charge is 0.383 e. The van der Waals surface area contributed by atoms with E-state index >= 15 is 0 Å². The molecule has 0 saturated heterocycles. The van der Waals surface area contributed by atoms with Crippen LogP contribution in [0.1, 0.15) is 39.0 Å². The second kappa shape index (κ2) is 8.10. The Hall–Kier alpha value is -1.08. The lowest BCUT2D eigenvalue weighted by Gasteiger charge is -2.30. The van der Waals surface area contributed by atoms with Crippen molar-refractivity contribution in [3.05, 3.63) is 0 Å². The first-order chi connectivity index (χ1) is 8.69. The molecule has 0 heterocycles. The molecular weight excluding hydrogens is 228 g/mol. The Morgan fingerprint density at radius 3 is 2.56 bits per heavy atom. The van der Waals surface area contributed by atoms with E-state index in [-0.39, 0.29) is 11.8 Å². The first-order valence-corrected chi connectivity index (χ1v) is 6.83. The smallest absolute Gasteiger partial charge is 0.225 e. The van der Waals surface area contributed by atoms with Gasteiger partial charge in [0, 0.05) is 26.1 Å². The average molecular weight is 252 g/mol. The second-order valence-corrected chi connectivity index (χ2v) is 5.18. The standard InChI is InChI=1S/C14H24N2O2/c1-12-4-6-13(7-5-12)14(17)16(9-3-8-15)10-11-18-2/h12-13H,3-7,9-11H2,1-2H3. The van der Waals surface area contributed by atoms with Crippen LogP contribution in [0.25, 0.3) is 0 Å². The molecule has 1 aliphatic rings. The Bertz CT molecular complexity index is 291. The quantitative estimate of drug-likeness (QED) is 0.728. The van der Waals surface area contributed by atoms with Gasteiger partial charge in [-0.25, -0.2) is 0 Å². The molecule has 0 spiro atoms. The Morgan fingerprint density at radius 2 is 2.00 bits per heavy atom. The van der Waals surface area contributed by atoms with Gasteiger partial charge in [0.05, 0.1) is 19.1 Å². The van der Waals surface area contributed by atoms with Gasteiger partial charge in [0.25, 0.3) is 0 Å². The van der Waals surface area contributed by atoms with Crippen molar-refractivity contribution in [2.45, 2.75) is 39.0 Å². The molecule has 0 aromatic rings. The first-order valence-electron chi connectivity index (χ1n) is 6.83. The molecule has 0 unspecified atom stereocenters. The van der Waals surface area contributed by atoms with Gasteiger partial charge in [0.2, 0.25) is 5.91 Å². The molecule has 0 aromatic heterocycles. The fraction of sp³-hybridized carbons (Fsp3) is 0.857. The van der Waals surface area contributed by atoms with E-state index in [9.17, 15) is 4.79 Å². The number of rotatable bonds is 6. The van der Waals surface area contributed by atoms with E-state index < -0.39 is 0 Å². The van der Waals surface area contributed by atoms with Gasteiger partial charge in [-0.3, -0.25) is 4.79 Å². The molecule has 102 valence electrons. The third-order valence-electron chi connectivity index (χ3n) is 3.74. The van der Waals surface area contributed by atoms with Gasteiger partial charge in [0.1, 0.15) is 0 Å². The van der Waals surface area contributed by atoms with E-state index in [1.807, 2.05) is 0 Å². The van der Waals surface area contributed by atoms with Gasteiger partial charge in [-0.15, -0.1) is 0 Å². The van der Waals surface area contributed by atoms with Crippen LogP contribution < -0.4 is 0 Å². The minimum atomic E-state index is 0.164. The van der Waals surface area contributed by atoms with Gasteiger partial charge >= 0.3 is 0 Å². The number of hydrogen-bond acceptors (Lipinski definition) is 3. The van der Waals surface area contributed by atoms with Crippen LogP contribution in [0.15, 0.2) is 0 Å². The third-order valence-corrected chi connectivity index (χ3v) is 3.74. The van der Waals surface area contributed by atoms with Crippen molar-refractivity contribution in [2.75, 3.05) is 26.8 Å². The predicted molar refractivity (Wildman–Crippen MR) is 69.8 cm³/mol. The van der Waals surface area contributed by atoms with Gasteiger partial charge in [-0.05, 0) is 31.6 Å². The van der Waals surface area contributed by atoms with Crippen molar-refractivity contribution in [3.63, 3.8) is 0 Å². The van der Waals surface area contributed by atoms with Crippen LogP contribution in [0.2, 0.25) is 0 Å². The van der Waals surface area contributed by atoms with Crippen LogP contribution in [0.4, 0.5) is 0 Å². The summed E-state index contributed by atoms with van der Waals surface area (Å²) >= 11 is 0. The van der Waals surface area contributed by atoms with Crippen LogP contribution in [-0.2, 0) is 9.53 Å². The van der Waals surface area contributed by atoms with E-state index in [0.717, 1.165) is 31.6 Å². The molecule has 0 bridgehead atoms. The molecule has 0 aliphatic heterocycles. The summed E-state index contributed by atoms with van der Waals surface area (Å²) < 4.78 is 5.03. The molecule has 4 heteroatoms. The minimum Gasteiger partial charge on any atom is -0.383 e. The number of ether oxygens (including phenoxy) is 1. The van der Waals surface area contributed by atoms with Crippen LogP contribution >= 0.6 is 0 Å². The van der Waals surface area contributed by atoms with Crippen molar-refractivity contribution in [1.82, 2.24) is 4.90 Å². The maximum atomic E-state index is 12.4. The summed E-state index contributed by atoms with van der Waals surface area (Å²) in [6.45, 7) is 3.92. The molecule has 0 radical (unpaired) electrons. The Balaban J connectivity index is 2.49. The van der Waals surface area contributed by atoms with Crippen LogP contribution in [0.5, 0.6) is 0 Å². The molecule has 1 fully saturated rings. The molecular formula is C14H24N2O2. The summed E-state index contributed by atoms with van der Waals surface area (Å²) in [5, 5.41) is 8.65. The molecule has 4 nitrogen and oxygen atoms in total. The normalized spacial score (nSPS) is 23.4. The highest BCUT2D eigenvalue weighted by molar-refractivity contribution is 5.79. The van der Waals surface area contributed by atoms with E-state index in [4.69, 9.17) is 10.00 Å².